The topological polar surface area (TPSA) is 92.8 Å². The highest BCUT2D eigenvalue weighted by atomic mass is 79.9. The van der Waals surface area contributed by atoms with Gasteiger partial charge in [0.1, 0.15) is 0 Å². The number of hydrogen-bond acceptors (Lipinski definition) is 6. The summed E-state index contributed by atoms with van der Waals surface area (Å²) in [5, 5.41) is 4.59. The van der Waals surface area contributed by atoms with E-state index in [2.05, 4.69) is 21.2 Å². The van der Waals surface area contributed by atoms with Gasteiger partial charge in [0.15, 0.2) is 6.10 Å². The lowest BCUT2D eigenvalue weighted by molar-refractivity contribution is -0.129. The van der Waals surface area contributed by atoms with E-state index in [1.165, 1.54) is 50.6 Å². The molecule has 0 aliphatic rings. The van der Waals surface area contributed by atoms with Crippen molar-refractivity contribution in [3.05, 3.63) is 50.6 Å². The molecule has 0 spiro atoms. The molecule has 0 radical (unpaired) electrons. The van der Waals surface area contributed by atoms with E-state index < -0.39 is 28.0 Å². The van der Waals surface area contributed by atoms with Crippen LogP contribution >= 0.6 is 27.3 Å². The predicted molar refractivity (Wildman–Crippen MR) is 106 cm³/mol. The number of thiophene rings is 1. The van der Waals surface area contributed by atoms with E-state index in [0.29, 0.717) is 11.0 Å². The normalized spacial score (nSPS) is 12.6. The Morgan fingerprint density at radius 2 is 2.00 bits per heavy atom. The fourth-order valence-corrected chi connectivity index (χ4v) is 4.53. The van der Waals surface area contributed by atoms with Gasteiger partial charge >= 0.3 is 5.97 Å². The zero-order valence-electron chi connectivity index (χ0n) is 14.9. The Morgan fingerprint density at radius 1 is 1.30 bits per heavy atom. The number of halogens is 1. The van der Waals surface area contributed by atoms with Crippen LogP contribution in [-0.4, -0.2) is 44.8 Å². The first-order chi connectivity index (χ1) is 12.6. The monoisotopic (exact) mass is 474 g/mol. The molecule has 146 valence electrons. The fraction of sp³-hybridized carbons (Fsp3) is 0.294. The minimum atomic E-state index is -3.74. The molecular weight excluding hydrogens is 456 g/mol. The lowest BCUT2D eigenvalue weighted by Gasteiger charge is -2.15. The second-order valence-corrected chi connectivity index (χ2v) is 9.78. The Hall–Kier alpha value is -1.75. The molecule has 0 aliphatic heterocycles. The molecule has 1 heterocycles. The molecule has 1 N–H and O–H groups in total. The first-order valence-electron chi connectivity index (χ1n) is 7.86. The van der Waals surface area contributed by atoms with Gasteiger partial charge < -0.3 is 10.1 Å². The first kappa shape index (κ1) is 21.5. The Labute approximate surface area is 170 Å². The van der Waals surface area contributed by atoms with E-state index >= 15 is 0 Å². The Morgan fingerprint density at radius 3 is 2.59 bits per heavy atom. The van der Waals surface area contributed by atoms with Crippen LogP contribution in [0.15, 0.2) is 45.1 Å². The largest absolute Gasteiger partial charge is 0.449 e. The molecule has 1 atom stereocenters. The van der Waals surface area contributed by atoms with Gasteiger partial charge in [-0.25, -0.2) is 17.5 Å². The molecule has 1 unspecified atom stereocenters. The van der Waals surface area contributed by atoms with E-state index in [1.807, 2.05) is 17.5 Å². The minimum Gasteiger partial charge on any atom is -0.449 e. The molecule has 0 saturated carbocycles. The standard InChI is InChI=1S/C17H19BrN2O5S2/c1-11(16(21)19-10-13-5-4-8-26-13)25-17(22)12-6-7-14(18)15(9-12)27(23,24)20(2)3/h4-9,11H,10H2,1-3H3,(H,19,21). The number of hydrogen-bond donors (Lipinski definition) is 1. The van der Waals surface area contributed by atoms with Crippen LogP contribution < -0.4 is 5.32 Å². The summed E-state index contributed by atoms with van der Waals surface area (Å²) in [5.74, 6) is -1.22. The van der Waals surface area contributed by atoms with Crippen molar-refractivity contribution in [2.24, 2.45) is 0 Å². The molecule has 10 heteroatoms. The number of benzene rings is 1. The van der Waals surface area contributed by atoms with E-state index in [9.17, 15) is 18.0 Å². The van der Waals surface area contributed by atoms with Crippen LogP contribution in [0.25, 0.3) is 0 Å². The first-order valence-corrected chi connectivity index (χ1v) is 11.0. The van der Waals surface area contributed by atoms with Crippen molar-refractivity contribution in [3.8, 4) is 0 Å². The maximum atomic E-state index is 12.3. The van der Waals surface area contributed by atoms with Crippen LogP contribution in [-0.2, 0) is 26.1 Å². The van der Waals surface area contributed by atoms with Crippen molar-refractivity contribution in [1.29, 1.82) is 0 Å². The highest BCUT2D eigenvalue weighted by Crippen LogP contribution is 2.25. The number of carbonyl (C=O) groups is 2. The molecule has 7 nitrogen and oxygen atoms in total. The molecule has 1 aromatic heterocycles. The number of carbonyl (C=O) groups excluding carboxylic acids is 2. The minimum absolute atomic E-state index is 0.0385. The Kier molecular flexibility index (Phi) is 7.15. The van der Waals surface area contributed by atoms with E-state index in [-0.39, 0.29) is 10.5 Å². The van der Waals surface area contributed by atoms with E-state index in [0.717, 1.165) is 9.18 Å². The number of nitrogens with one attached hydrogen (secondary N) is 1. The summed E-state index contributed by atoms with van der Waals surface area (Å²) in [7, 11) is -0.950. The molecule has 2 aromatic rings. The Balaban J connectivity index is 2.08. The van der Waals surface area contributed by atoms with Crippen molar-refractivity contribution in [3.63, 3.8) is 0 Å². The average Bonchev–Trinajstić information content (AvgIpc) is 3.13. The van der Waals surface area contributed by atoms with Crippen molar-refractivity contribution in [2.75, 3.05) is 14.1 Å². The summed E-state index contributed by atoms with van der Waals surface area (Å²) in [5.41, 5.74) is 0.0385. The van der Waals surface area contributed by atoms with Crippen LogP contribution in [0.4, 0.5) is 0 Å². The smallest absolute Gasteiger partial charge is 0.338 e. The highest BCUT2D eigenvalue weighted by molar-refractivity contribution is 9.10. The van der Waals surface area contributed by atoms with Gasteiger partial charge in [-0.2, -0.15) is 0 Å². The fourth-order valence-electron chi connectivity index (χ4n) is 2.04. The van der Waals surface area contributed by atoms with Gasteiger partial charge in [0, 0.05) is 23.4 Å². The van der Waals surface area contributed by atoms with Crippen LogP contribution in [0.1, 0.15) is 22.2 Å². The average molecular weight is 475 g/mol. The zero-order chi connectivity index (χ0) is 20.2. The van der Waals surface area contributed by atoms with Gasteiger partial charge in [0.25, 0.3) is 5.91 Å². The Bertz CT molecular complexity index is 927. The van der Waals surface area contributed by atoms with Gasteiger partial charge in [-0.15, -0.1) is 11.3 Å². The summed E-state index contributed by atoms with van der Waals surface area (Å²) in [6, 6.07) is 7.86. The molecule has 0 fully saturated rings. The third-order valence-electron chi connectivity index (χ3n) is 3.60. The van der Waals surface area contributed by atoms with Gasteiger partial charge in [-0.05, 0) is 52.5 Å². The molecule has 0 saturated heterocycles. The number of amides is 1. The van der Waals surface area contributed by atoms with Crippen LogP contribution in [0.5, 0.6) is 0 Å². The van der Waals surface area contributed by atoms with Gasteiger partial charge in [-0.1, -0.05) is 6.07 Å². The highest BCUT2D eigenvalue weighted by Gasteiger charge is 2.24. The van der Waals surface area contributed by atoms with Crippen molar-refractivity contribution in [1.82, 2.24) is 9.62 Å². The maximum Gasteiger partial charge on any atom is 0.338 e. The van der Waals surface area contributed by atoms with Crippen LogP contribution in [0.3, 0.4) is 0 Å². The number of rotatable bonds is 7. The predicted octanol–water partition coefficient (Wildman–Crippen LogP) is 2.62. The lowest BCUT2D eigenvalue weighted by Crippen LogP contribution is -2.35. The van der Waals surface area contributed by atoms with Crippen LogP contribution in [0.2, 0.25) is 0 Å². The molecule has 0 aliphatic carbocycles. The summed E-state index contributed by atoms with van der Waals surface area (Å²) in [4.78, 5) is 25.3. The maximum absolute atomic E-state index is 12.3. The second-order valence-electron chi connectivity index (χ2n) is 5.78. The third-order valence-corrected chi connectivity index (χ3v) is 7.28. The SMILES string of the molecule is CC(OC(=O)c1ccc(Br)c(S(=O)(=O)N(C)C)c1)C(=O)NCc1cccs1. The number of esters is 1. The summed E-state index contributed by atoms with van der Waals surface area (Å²) < 4.78 is 31.2. The van der Waals surface area contributed by atoms with Gasteiger partial charge in [-0.3, -0.25) is 4.79 Å². The van der Waals surface area contributed by atoms with Gasteiger partial charge in [0.05, 0.1) is 17.0 Å². The zero-order valence-corrected chi connectivity index (χ0v) is 18.2. The molecular formula is C17H19BrN2O5S2. The quantitative estimate of drug-likeness (QED) is 0.622. The van der Waals surface area contributed by atoms with E-state index in [4.69, 9.17) is 4.74 Å². The van der Waals surface area contributed by atoms with E-state index in [1.54, 1.807) is 0 Å². The lowest BCUT2D eigenvalue weighted by atomic mass is 10.2. The summed E-state index contributed by atoms with van der Waals surface area (Å²) in [6.45, 7) is 1.81. The van der Waals surface area contributed by atoms with Crippen molar-refractivity contribution >= 4 is 49.2 Å². The van der Waals surface area contributed by atoms with Crippen LogP contribution in [0, 0.1) is 0 Å². The summed E-state index contributed by atoms with van der Waals surface area (Å²) in [6.07, 6.45) is -1.02. The van der Waals surface area contributed by atoms with Crippen molar-refractivity contribution in [2.45, 2.75) is 24.5 Å². The number of sulfonamides is 1. The van der Waals surface area contributed by atoms with Gasteiger partial charge in [0.2, 0.25) is 10.0 Å². The third kappa shape index (κ3) is 5.38. The number of nitrogens with zero attached hydrogens (tertiary/aromatic N) is 1. The second kappa shape index (κ2) is 8.96. The molecule has 2 rings (SSSR count). The molecule has 27 heavy (non-hydrogen) atoms. The molecule has 1 aromatic carbocycles. The summed E-state index contributed by atoms with van der Waals surface area (Å²) >= 11 is 4.68. The molecule has 0 bridgehead atoms. The molecule has 1 amide bonds. The number of ether oxygens (including phenoxy) is 1. The van der Waals surface area contributed by atoms with Crippen molar-refractivity contribution < 1.29 is 22.7 Å².